The van der Waals surface area contributed by atoms with E-state index in [1.807, 2.05) is 67.8 Å². The molecular weight excluding hydrogens is 368 g/mol. The predicted octanol–water partition coefficient (Wildman–Crippen LogP) is 3.82. The SMILES string of the molecule is Cc1cc(C(=O)OCC(=O)NC[C@H](C)c2ccccc2)c(C)n1Cc1ccco1. The third kappa shape index (κ3) is 5.16. The summed E-state index contributed by atoms with van der Waals surface area (Å²) in [6, 6.07) is 15.4. The molecule has 0 unspecified atom stereocenters. The Morgan fingerprint density at radius 2 is 1.90 bits per heavy atom. The fraction of sp³-hybridized carbons (Fsp3) is 0.304. The van der Waals surface area contributed by atoms with E-state index < -0.39 is 5.97 Å². The van der Waals surface area contributed by atoms with Crippen LogP contribution in [0.25, 0.3) is 0 Å². The average Bonchev–Trinajstić information content (AvgIpc) is 3.34. The lowest BCUT2D eigenvalue weighted by Crippen LogP contribution is -2.31. The van der Waals surface area contributed by atoms with Crippen LogP contribution in [0.5, 0.6) is 0 Å². The van der Waals surface area contributed by atoms with Gasteiger partial charge in [0, 0.05) is 17.9 Å². The molecule has 2 heterocycles. The lowest BCUT2D eigenvalue weighted by atomic mass is 10.0. The number of benzene rings is 1. The molecule has 0 spiro atoms. The van der Waals surface area contributed by atoms with Crippen molar-refractivity contribution in [3.63, 3.8) is 0 Å². The number of hydrogen-bond donors (Lipinski definition) is 1. The van der Waals surface area contributed by atoms with Gasteiger partial charge in [0.15, 0.2) is 6.61 Å². The number of aromatic nitrogens is 1. The van der Waals surface area contributed by atoms with Gasteiger partial charge in [-0.3, -0.25) is 4.79 Å². The van der Waals surface area contributed by atoms with Gasteiger partial charge in [0.1, 0.15) is 5.76 Å². The van der Waals surface area contributed by atoms with Crippen LogP contribution < -0.4 is 5.32 Å². The van der Waals surface area contributed by atoms with Crippen LogP contribution in [0.3, 0.4) is 0 Å². The smallest absolute Gasteiger partial charge is 0.340 e. The number of rotatable bonds is 8. The summed E-state index contributed by atoms with van der Waals surface area (Å²) in [4.78, 5) is 24.5. The standard InChI is InChI=1S/C23H26N2O4/c1-16(19-8-5-4-6-9-19)13-24-22(26)15-29-23(27)21-12-17(2)25(18(21)3)14-20-10-7-11-28-20/h4-12,16H,13-15H2,1-3H3,(H,24,26)/t16-/m0/s1. The highest BCUT2D eigenvalue weighted by Crippen LogP contribution is 2.18. The molecule has 0 aliphatic rings. The molecule has 1 amide bonds. The number of nitrogens with one attached hydrogen (secondary N) is 1. The number of furan rings is 1. The van der Waals surface area contributed by atoms with E-state index in [1.54, 1.807) is 12.3 Å². The molecule has 0 fully saturated rings. The number of hydrogen-bond acceptors (Lipinski definition) is 4. The van der Waals surface area contributed by atoms with Crippen molar-refractivity contribution in [2.24, 2.45) is 0 Å². The van der Waals surface area contributed by atoms with Crippen LogP contribution in [0.2, 0.25) is 0 Å². The first-order chi connectivity index (χ1) is 14.0. The van der Waals surface area contributed by atoms with Crippen molar-refractivity contribution < 1.29 is 18.7 Å². The summed E-state index contributed by atoms with van der Waals surface area (Å²) in [5.41, 5.74) is 3.31. The van der Waals surface area contributed by atoms with Crippen molar-refractivity contribution >= 4 is 11.9 Å². The third-order valence-electron chi connectivity index (χ3n) is 5.00. The lowest BCUT2D eigenvalue weighted by molar-refractivity contribution is -0.124. The summed E-state index contributed by atoms with van der Waals surface area (Å²) in [5, 5.41) is 2.81. The summed E-state index contributed by atoms with van der Waals surface area (Å²) in [6.07, 6.45) is 1.62. The average molecular weight is 394 g/mol. The molecule has 0 radical (unpaired) electrons. The van der Waals surface area contributed by atoms with E-state index in [0.29, 0.717) is 18.7 Å². The number of aryl methyl sites for hydroxylation is 1. The van der Waals surface area contributed by atoms with E-state index >= 15 is 0 Å². The van der Waals surface area contributed by atoms with E-state index in [-0.39, 0.29) is 18.4 Å². The Balaban J connectivity index is 1.52. The number of amides is 1. The highest BCUT2D eigenvalue weighted by Gasteiger charge is 2.19. The van der Waals surface area contributed by atoms with Gasteiger partial charge in [-0.25, -0.2) is 4.79 Å². The Hall–Kier alpha value is -3.28. The van der Waals surface area contributed by atoms with Crippen molar-refractivity contribution in [1.29, 1.82) is 0 Å². The van der Waals surface area contributed by atoms with Crippen molar-refractivity contribution in [3.05, 3.63) is 83.1 Å². The van der Waals surface area contributed by atoms with Crippen LogP contribution in [-0.2, 0) is 16.1 Å². The van der Waals surface area contributed by atoms with Crippen LogP contribution in [-0.4, -0.2) is 29.6 Å². The molecule has 0 saturated heterocycles. The Morgan fingerprint density at radius 1 is 1.14 bits per heavy atom. The van der Waals surface area contributed by atoms with Crippen molar-refractivity contribution in [1.82, 2.24) is 9.88 Å². The summed E-state index contributed by atoms with van der Waals surface area (Å²) >= 11 is 0. The molecule has 0 aliphatic carbocycles. The van der Waals surface area contributed by atoms with Crippen LogP contribution in [0.1, 0.15) is 45.9 Å². The second-order valence-corrected chi connectivity index (χ2v) is 7.14. The van der Waals surface area contributed by atoms with Crippen molar-refractivity contribution in [2.75, 3.05) is 13.2 Å². The third-order valence-corrected chi connectivity index (χ3v) is 5.00. The van der Waals surface area contributed by atoms with E-state index in [1.165, 1.54) is 0 Å². The van der Waals surface area contributed by atoms with Gasteiger partial charge >= 0.3 is 5.97 Å². The Labute approximate surface area is 170 Å². The lowest BCUT2D eigenvalue weighted by Gasteiger charge is -2.13. The number of esters is 1. The zero-order valence-electron chi connectivity index (χ0n) is 17.0. The molecular formula is C23H26N2O4. The summed E-state index contributed by atoms with van der Waals surface area (Å²) in [6.45, 7) is 6.53. The molecule has 29 heavy (non-hydrogen) atoms. The van der Waals surface area contributed by atoms with Crippen molar-refractivity contribution in [2.45, 2.75) is 33.2 Å². The molecule has 3 rings (SSSR count). The maximum absolute atomic E-state index is 12.5. The molecule has 0 aliphatic heterocycles. The number of carbonyl (C=O) groups excluding carboxylic acids is 2. The normalized spacial score (nSPS) is 11.8. The number of nitrogens with zero attached hydrogens (tertiary/aromatic N) is 1. The van der Waals surface area contributed by atoms with Gasteiger partial charge in [-0.2, -0.15) is 0 Å². The molecule has 0 bridgehead atoms. The fourth-order valence-electron chi connectivity index (χ4n) is 3.24. The topological polar surface area (TPSA) is 73.5 Å². The molecule has 1 aromatic carbocycles. The highest BCUT2D eigenvalue weighted by atomic mass is 16.5. The first kappa shape index (κ1) is 20.5. The minimum Gasteiger partial charge on any atom is -0.467 e. The molecule has 1 N–H and O–H groups in total. The summed E-state index contributed by atoms with van der Waals surface area (Å²) < 4.78 is 12.6. The Kier molecular flexibility index (Phi) is 6.54. The van der Waals surface area contributed by atoms with Gasteiger partial charge in [0.25, 0.3) is 5.91 Å². The quantitative estimate of drug-likeness (QED) is 0.590. The maximum atomic E-state index is 12.5. The highest BCUT2D eigenvalue weighted by molar-refractivity contribution is 5.92. The summed E-state index contributed by atoms with van der Waals surface area (Å²) in [7, 11) is 0. The minimum absolute atomic E-state index is 0.177. The molecule has 2 aromatic heterocycles. The molecule has 3 aromatic rings. The molecule has 6 nitrogen and oxygen atoms in total. The van der Waals surface area contributed by atoms with E-state index in [0.717, 1.165) is 22.7 Å². The van der Waals surface area contributed by atoms with Crippen LogP contribution in [0, 0.1) is 13.8 Å². The van der Waals surface area contributed by atoms with Crippen LogP contribution in [0.15, 0.2) is 59.2 Å². The number of carbonyl (C=O) groups is 2. The zero-order valence-corrected chi connectivity index (χ0v) is 17.0. The van der Waals surface area contributed by atoms with Crippen LogP contribution in [0.4, 0.5) is 0 Å². The Bertz CT molecular complexity index is 958. The van der Waals surface area contributed by atoms with E-state index in [2.05, 4.69) is 5.32 Å². The zero-order chi connectivity index (χ0) is 20.8. The van der Waals surface area contributed by atoms with Gasteiger partial charge in [-0.1, -0.05) is 37.3 Å². The van der Waals surface area contributed by atoms with Gasteiger partial charge in [0.05, 0.1) is 18.4 Å². The van der Waals surface area contributed by atoms with Gasteiger partial charge in [-0.15, -0.1) is 0 Å². The minimum atomic E-state index is -0.505. The summed E-state index contributed by atoms with van der Waals surface area (Å²) in [5.74, 6) is 0.163. The Morgan fingerprint density at radius 3 is 2.59 bits per heavy atom. The predicted molar refractivity (Wildman–Crippen MR) is 110 cm³/mol. The molecule has 152 valence electrons. The molecule has 6 heteroatoms. The van der Waals surface area contributed by atoms with E-state index in [9.17, 15) is 9.59 Å². The maximum Gasteiger partial charge on any atom is 0.340 e. The van der Waals surface area contributed by atoms with Crippen LogP contribution >= 0.6 is 0 Å². The second kappa shape index (κ2) is 9.28. The largest absolute Gasteiger partial charge is 0.467 e. The first-order valence-corrected chi connectivity index (χ1v) is 9.63. The molecule has 0 saturated carbocycles. The van der Waals surface area contributed by atoms with Gasteiger partial charge in [-0.05, 0) is 43.5 Å². The number of ether oxygens (including phenoxy) is 1. The first-order valence-electron chi connectivity index (χ1n) is 9.63. The molecule has 1 atom stereocenters. The fourth-order valence-corrected chi connectivity index (χ4v) is 3.24. The van der Waals surface area contributed by atoms with Crippen molar-refractivity contribution in [3.8, 4) is 0 Å². The van der Waals surface area contributed by atoms with Gasteiger partial charge in [0.2, 0.25) is 0 Å². The second-order valence-electron chi connectivity index (χ2n) is 7.14. The van der Waals surface area contributed by atoms with Gasteiger partial charge < -0.3 is 19.0 Å². The van der Waals surface area contributed by atoms with E-state index in [4.69, 9.17) is 9.15 Å². The monoisotopic (exact) mass is 394 g/mol.